The van der Waals surface area contributed by atoms with Crippen molar-refractivity contribution in [1.29, 1.82) is 0 Å². The van der Waals surface area contributed by atoms with Gasteiger partial charge in [0, 0.05) is 12.1 Å². The highest BCUT2D eigenvalue weighted by Crippen LogP contribution is 2.01. The number of nitrogens with one attached hydrogen (secondary N) is 1. The van der Waals surface area contributed by atoms with Crippen molar-refractivity contribution < 1.29 is 17.8 Å². The molecule has 0 unspecified atom stereocenters. The maximum Gasteiger partial charge on any atom is 0.264 e. The van der Waals surface area contributed by atoms with Crippen LogP contribution in [0.25, 0.3) is 0 Å². The quantitative estimate of drug-likeness (QED) is 0.418. The van der Waals surface area contributed by atoms with Crippen LogP contribution in [0, 0.1) is 0 Å². The highest BCUT2D eigenvalue weighted by atomic mass is 32.2. The van der Waals surface area contributed by atoms with Crippen molar-refractivity contribution in [3.63, 3.8) is 0 Å². The Morgan fingerprint density at radius 2 is 1.80 bits per heavy atom. The molecule has 0 atom stereocenters. The fourth-order valence-corrected chi connectivity index (χ4v) is 1.33. The Hall–Kier alpha value is -0.880. The molecule has 15 heavy (non-hydrogen) atoms. The Labute approximate surface area is 90.3 Å². The third kappa shape index (κ3) is 7.10. The van der Waals surface area contributed by atoms with Crippen molar-refractivity contribution in [1.82, 2.24) is 5.32 Å². The Morgan fingerprint density at radius 1 is 1.27 bits per heavy atom. The summed E-state index contributed by atoms with van der Waals surface area (Å²) in [4.78, 5) is 11.3. The van der Waals surface area contributed by atoms with Crippen LogP contribution in [0.2, 0.25) is 0 Å². The van der Waals surface area contributed by atoms with Crippen LogP contribution in [-0.2, 0) is 14.9 Å². The number of hydrogen-bond donors (Lipinski definition) is 2. The molecule has 0 heterocycles. The highest BCUT2D eigenvalue weighted by molar-refractivity contribution is 7.85. The molecule has 0 bridgehead atoms. The molecule has 0 rings (SSSR count). The molecule has 88 valence electrons. The van der Waals surface area contributed by atoms with Gasteiger partial charge in [0.1, 0.15) is 0 Å². The molecule has 0 radical (unpaired) electrons. The van der Waals surface area contributed by atoms with E-state index in [0.717, 1.165) is 5.57 Å². The van der Waals surface area contributed by atoms with E-state index < -0.39 is 10.1 Å². The van der Waals surface area contributed by atoms with Gasteiger partial charge < -0.3 is 5.32 Å². The number of amides is 1. The lowest BCUT2D eigenvalue weighted by atomic mass is 10.1. The van der Waals surface area contributed by atoms with Crippen molar-refractivity contribution >= 4 is 16.0 Å². The molecule has 0 aliphatic heterocycles. The van der Waals surface area contributed by atoms with Crippen LogP contribution in [0.1, 0.15) is 27.2 Å². The highest BCUT2D eigenvalue weighted by Gasteiger charge is 2.06. The fraction of sp³-hybridized carbons (Fsp3) is 0.667. The monoisotopic (exact) mass is 235 g/mol. The number of carbonyl (C=O) groups is 1. The van der Waals surface area contributed by atoms with Gasteiger partial charge in [0.15, 0.2) is 0 Å². The first-order chi connectivity index (χ1) is 6.74. The van der Waals surface area contributed by atoms with Crippen molar-refractivity contribution in [3.05, 3.63) is 11.1 Å². The summed E-state index contributed by atoms with van der Waals surface area (Å²) in [6.45, 7) is 5.59. The molecule has 0 aliphatic rings. The predicted molar refractivity (Wildman–Crippen MR) is 58.1 cm³/mol. The molecule has 0 aliphatic carbocycles. The molecular weight excluding hydrogens is 218 g/mol. The zero-order valence-corrected chi connectivity index (χ0v) is 10.0. The molecular formula is C9H17NO4S. The molecule has 1 amide bonds. The summed E-state index contributed by atoms with van der Waals surface area (Å²) in [6.07, 6.45) is 0.209. The van der Waals surface area contributed by atoms with E-state index in [1.165, 1.54) is 0 Å². The fourth-order valence-electron chi connectivity index (χ4n) is 0.816. The second-order valence-electron chi connectivity index (χ2n) is 3.52. The summed E-state index contributed by atoms with van der Waals surface area (Å²) in [5, 5.41) is 2.56. The van der Waals surface area contributed by atoms with Gasteiger partial charge in [0.05, 0.1) is 5.75 Å². The molecule has 0 aromatic carbocycles. The molecule has 0 fully saturated rings. The van der Waals surface area contributed by atoms with Crippen LogP contribution in [0.15, 0.2) is 11.1 Å². The van der Waals surface area contributed by atoms with Gasteiger partial charge in [-0.15, -0.1) is 0 Å². The van der Waals surface area contributed by atoms with E-state index in [4.69, 9.17) is 4.55 Å². The first-order valence-corrected chi connectivity index (χ1v) is 6.22. The van der Waals surface area contributed by atoms with Gasteiger partial charge in [-0.05, 0) is 27.2 Å². The summed E-state index contributed by atoms with van der Waals surface area (Å²) < 4.78 is 29.1. The minimum absolute atomic E-state index is 0.203. The van der Waals surface area contributed by atoms with E-state index in [0.29, 0.717) is 5.57 Å². The second kappa shape index (κ2) is 5.87. The zero-order chi connectivity index (χ0) is 12.1. The molecule has 2 N–H and O–H groups in total. The van der Waals surface area contributed by atoms with Crippen LogP contribution in [0.4, 0.5) is 0 Å². The average molecular weight is 235 g/mol. The van der Waals surface area contributed by atoms with Crippen molar-refractivity contribution in [3.8, 4) is 0 Å². The molecule has 0 saturated heterocycles. The van der Waals surface area contributed by atoms with Gasteiger partial charge in [-0.3, -0.25) is 9.35 Å². The Morgan fingerprint density at radius 3 is 2.20 bits per heavy atom. The molecule has 0 aromatic rings. The zero-order valence-electron chi connectivity index (χ0n) is 9.20. The summed E-state index contributed by atoms with van der Waals surface area (Å²) >= 11 is 0. The maximum atomic E-state index is 11.3. The summed E-state index contributed by atoms with van der Waals surface area (Å²) in [5.74, 6) is -0.536. The largest absolute Gasteiger partial charge is 0.352 e. The van der Waals surface area contributed by atoms with Gasteiger partial charge in [0.2, 0.25) is 5.91 Å². The first-order valence-electron chi connectivity index (χ1n) is 4.61. The van der Waals surface area contributed by atoms with Crippen LogP contribution < -0.4 is 5.32 Å². The van der Waals surface area contributed by atoms with E-state index in [1.54, 1.807) is 6.92 Å². The SMILES string of the molecule is CC(C)=C(C)C(=O)NCCCS(=O)(=O)O. The Balaban J connectivity index is 3.90. The van der Waals surface area contributed by atoms with Crippen LogP contribution in [0.3, 0.4) is 0 Å². The lowest BCUT2D eigenvalue weighted by molar-refractivity contribution is -0.117. The topological polar surface area (TPSA) is 83.5 Å². The van der Waals surface area contributed by atoms with Crippen LogP contribution in [-0.4, -0.2) is 31.2 Å². The van der Waals surface area contributed by atoms with Gasteiger partial charge >= 0.3 is 0 Å². The number of carbonyl (C=O) groups excluding carboxylic acids is 1. The van der Waals surface area contributed by atoms with Crippen molar-refractivity contribution in [2.24, 2.45) is 0 Å². The molecule has 0 aromatic heterocycles. The van der Waals surface area contributed by atoms with Gasteiger partial charge in [-0.1, -0.05) is 5.57 Å². The normalized spacial score (nSPS) is 10.9. The van der Waals surface area contributed by atoms with Crippen LogP contribution >= 0.6 is 0 Å². The van der Waals surface area contributed by atoms with E-state index >= 15 is 0 Å². The van der Waals surface area contributed by atoms with Gasteiger partial charge in [-0.2, -0.15) is 8.42 Å². The number of hydrogen-bond acceptors (Lipinski definition) is 3. The minimum atomic E-state index is -3.92. The smallest absolute Gasteiger partial charge is 0.264 e. The van der Waals surface area contributed by atoms with E-state index in [1.807, 2.05) is 13.8 Å². The minimum Gasteiger partial charge on any atom is -0.352 e. The van der Waals surface area contributed by atoms with E-state index in [-0.39, 0.29) is 24.6 Å². The molecule has 0 spiro atoms. The van der Waals surface area contributed by atoms with Crippen LogP contribution in [0.5, 0.6) is 0 Å². The average Bonchev–Trinajstić information content (AvgIpc) is 2.09. The molecule has 0 saturated carbocycles. The summed E-state index contributed by atoms with van der Waals surface area (Å²) in [7, 11) is -3.92. The number of rotatable bonds is 5. The molecule has 5 nitrogen and oxygen atoms in total. The van der Waals surface area contributed by atoms with Crippen molar-refractivity contribution in [2.75, 3.05) is 12.3 Å². The maximum absolute atomic E-state index is 11.3. The lowest BCUT2D eigenvalue weighted by Gasteiger charge is -2.05. The lowest BCUT2D eigenvalue weighted by Crippen LogP contribution is -2.26. The van der Waals surface area contributed by atoms with E-state index in [9.17, 15) is 13.2 Å². The van der Waals surface area contributed by atoms with Gasteiger partial charge in [0.25, 0.3) is 10.1 Å². The second-order valence-corrected chi connectivity index (χ2v) is 5.09. The Bertz CT molecular complexity index is 352. The summed E-state index contributed by atoms with van der Waals surface area (Å²) in [5.41, 5.74) is 1.55. The van der Waals surface area contributed by atoms with Gasteiger partial charge in [-0.25, -0.2) is 0 Å². The Kier molecular flexibility index (Phi) is 5.53. The van der Waals surface area contributed by atoms with E-state index in [2.05, 4.69) is 5.32 Å². The predicted octanol–water partition coefficient (Wildman–Crippen LogP) is 0.737. The third-order valence-electron chi connectivity index (χ3n) is 1.96. The third-order valence-corrected chi connectivity index (χ3v) is 2.76. The van der Waals surface area contributed by atoms with Crippen molar-refractivity contribution in [2.45, 2.75) is 27.2 Å². The first kappa shape index (κ1) is 14.1. The standard InChI is InChI=1S/C9H17NO4S/c1-7(2)8(3)9(11)10-5-4-6-15(12,13)14/h4-6H2,1-3H3,(H,10,11)(H,12,13,14). The summed E-state index contributed by atoms with van der Waals surface area (Å²) in [6, 6.07) is 0. The number of allylic oxidation sites excluding steroid dienone is 1. The molecule has 6 heteroatoms.